The summed E-state index contributed by atoms with van der Waals surface area (Å²) in [6.07, 6.45) is 8.85. The minimum Gasteiger partial charge on any atom is -0.286 e. The average molecular weight is 238 g/mol. The van der Waals surface area contributed by atoms with Gasteiger partial charge in [0, 0.05) is 0 Å². The third-order valence-corrected chi connectivity index (χ3v) is 3.06. The van der Waals surface area contributed by atoms with Crippen molar-refractivity contribution in [2.24, 2.45) is 0 Å². The minimum atomic E-state index is -3.73. The molecular weight excluding hydrogens is 212 g/mol. The van der Waals surface area contributed by atoms with Gasteiger partial charge in [0.25, 0.3) is 10.1 Å². The lowest BCUT2D eigenvalue weighted by atomic mass is 10.1. The second-order valence-electron chi connectivity index (χ2n) is 3.76. The van der Waals surface area contributed by atoms with E-state index in [9.17, 15) is 8.42 Å². The summed E-state index contributed by atoms with van der Waals surface area (Å²) in [5.74, 6) is -0.0814. The first-order valence-corrected chi connectivity index (χ1v) is 7.12. The first-order valence-electron chi connectivity index (χ1n) is 5.51. The lowest BCUT2D eigenvalue weighted by molar-refractivity contribution is 0.478. The maximum absolute atomic E-state index is 10.4. The Balaban J connectivity index is 0. The fourth-order valence-corrected chi connectivity index (χ4v) is 1.99. The van der Waals surface area contributed by atoms with Crippen molar-refractivity contribution in [2.75, 3.05) is 5.75 Å². The first-order chi connectivity index (χ1) is 6.56. The van der Waals surface area contributed by atoms with E-state index in [1.807, 2.05) is 0 Å². The summed E-state index contributed by atoms with van der Waals surface area (Å²) in [4.78, 5) is 0. The molecular formula is C11H26O3S. The fourth-order valence-electron chi connectivity index (χ4n) is 1.42. The largest absolute Gasteiger partial charge is 0.286 e. The molecule has 0 radical (unpaired) electrons. The third kappa shape index (κ3) is 16.6. The number of hydrogen-bond donors (Lipinski definition) is 1. The summed E-state index contributed by atoms with van der Waals surface area (Å²) >= 11 is 0. The van der Waals surface area contributed by atoms with Gasteiger partial charge in [-0.1, -0.05) is 59.3 Å². The molecule has 0 heterocycles. The fraction of sp³-hybridized carbons (Fsp3) is 1.00. The molecule has 3 nitrogen and oxygen atoms in total. The summed E-state index contributed by atoms with van der Waals surface area (Å²) < 4.78 is 29.2. The standard InChI is InChI=1S/C10H22O3S.CH4/c1-2-3-4-5-6-7-8-9-10-14(11,12)13;/h2-10H2,1H3,(H,11,12,13);1H4. The van der Waals surface area contributed by atoms with E-state index in [1.54, 1.807) is 0 Å². The Kier molecular flexibility index (Phi) is 12.0. The van der Waals surface area contributed by atoms with Gasteiger partial charge < -0.3 is 0 Å². The zero-order valence-electron chi connectivity index (χ0n) is 9.04. The van der Waals surface area contributed by atoms with Crippen molar-refractivity contribution in [3.05, 3.63) is 0 Å². The summed E-state index contributed by atoms with van der Waals surface area (Å²) in [7, 11) is -3.73. The molecule has 0 aliphatic carbocycles. The maximum Gasteiger partial charge on any atom is 0.264 e. The van der Waals surface area contributed by atoms with Gasteiger partial charge in [-0.15, -0.1) is 0 Å². The summed E-state index contributed by atoms with van der Waals surface area (Å²) in [5.41, 5.74) is 0. The number of hydrogen-bond acceptors (Lipinski definition) is 2. The quantitative estimate of drug-likeness (QED) is 0.493. The van der Waals surface area contributed by atoms with E-state index >= 15 is 0 Å². The van der Waals surface area contributed by atoms with Crippen LogP contribution in [0.25, 0.3) is 0 Å². The van der Waals surface area contributed by atoms with Crippen LogP contribution in [0.4, 0.5) is 0 Å². The van der Waals surface area contributed by atoms with E-state index < -0.39 is 10.1 Å². The molecule has 0 rings (SSSR count). The lowest BCUT2D eigenvalue weighted by Crippen LogP contribution is -2.03. The van der Waals surface area contributed by atoms with Crippen LogP contribution in [0.2, 0.25) is 0 Å². The molecule has 0 aliphatic heterocycles. The van der Waals surface area contributed by atoms with Gasteiger partial charge in [-0.3, -0.25) is 4.55 Å². The topological polar surface area (TPSA) is 54.4 Å². The van der Waals surface area contributed by atoms with Crippen LogP contribution in [0.5, 0.6) is 0 Å². The Labute approximate surface area is 95.0 Å². The lowest BCUT2D eigenvalue weighted by Gasteiger charge is -2.00. The Bertz CT molecular complexity index is 210. The van der Waals surface area contributed by atoms with E-state index in [1.165, 1.54) is 32.1 Å². The van der Waals surface area contributed by atoms with Gasteiger partial charge in [-0.2, -0.15) is 8.42 Å². The molecule has 94 valence electrons. The summed E-state index contributed by atoms with van der Waals surface area (Å²) in [5, 5.41) is 0. The summed E-state index contributed by atoms with van der Waals surface area (Å²) in [6, 6.07) is 0. The number of unbranched alkanes of at least 4 members (excludes halogenated alkanes) is 7. The van der Waals surface area contributed by atoms with Gasteiger partial charge >= 0.3 is 0 Å². The zero-order valence-corrected chi connectivity index (χ0v) is 9.85. The van der Waals surface area contributed by atoms with Crippen molar-refractivity contribution in [1.82, 2.24) is 0 Å². The molecule has 0 aromatic carbocycles. The molecule has 0 saturated carbocycles. The van der Waals surface area contributed by atoms with Crippen molar-refractivity contribution in [1.29, 1.82) is 0 Å². The van der Waals surface area contributed by atoms with Gasteiger partial charge in [-0.25, -0.2) is 0 Å². The number of rotatable bonds is 9. The van der Waals surface area contributed by atoms with Crippen LogP contribution in [0.3, 0.4) is 0 Å². The third-order valence-electron chi connectivity index (χ3n) is 2.26. The van der Waals surface area contributed by atoms with Crippen LogP contribution in [0, 0.1) is 0 Å². The van der Waals surface area contributed by atoms with E-state index in [4.69, 9.17) is 4.55 Å². The van der Waals surface area contributed by atoms with Crippen molar-refractivity contribution in [2.45, 2.75) is 65.7 Å². The van der Waals surface area contributed by atoms with E-state index in [2.05, 4.69) is 6.92 Å². The SMILES string of the molecule is C.CCCCCCCCCCS(=O)(=O)O. The minimum absolute atomic E-state index is 0. The van der Waals surface area contributed by atoms with E-state index in [0.29, 0.717) is 6.42 Å². The Morgan fingerprint density at radius 3 is 1.67 bits per heavy atom. The van der Waals surface area contributed by atoms with Gasteiger partial charge in [0.1, 0.15) is 0 Å². The van der Waals surface area contributed by atoms with Gasteiger partial charge in [0.15, 0.2) is 0 Å². The van der Waals surface area contributed by atoms with E-state index in [0.717, 1.165) is 12.8 Å². The first kappa shape index (κ1) is 17.3. The van der Waals surface area contributed by atoms with Crippen molar-refractivity contribution >= 4 is 10.1 Å². The normalized spacial score (nSPS) is 11.1. The van der Waals surface area contributed by atoms with Crippen molar-refractivity contribution in [3.63, 3.8) is 0 Å². The van der Waals surface area contributed by atoms with Crippen LogP contribution < -0.4 is 0 Å². The van der Waals surface area contributed by atoms with Crippen LogP contribution in [0.15, 0.2) is 0 Å². The molecule has 0 atom stereocenters. The molecule has 0 aromatic rings. The molecule has 0 unspecified atom stereocenters. The molecule has 0 aromatic heterocycles. The highest BCUT2D eigenvalue weighted by molar-refractivity contribution is 7.85. The van der Waals surface area contributed by atoms with Crippen LogP contribution in [-0.4, -0.2) is 18.7 Å². The molecule has 0 aliphatic rings. The maximum atomic E-state index is 10.4. The van der Waals surface area contributed by atoms with Gasteiger partial charge in [0.2, 0.25) is 0 Å². The Morgan fingerprint density at radius 1 is 0.867 bits per heavy atom. The second-order valence-corrected chi connectivity index (χ2v) is 5.33. The van der Waals surface area contributed by atoms with Gasteiger partial charge in [-0.05, 0) is 6.42 Å². The summed E-state index contributed by atoms with van der Waals surface area (Å²) in [6.45, 7) is 2.19. The van der Waals surface area contributed by atoms with Crippen molar-refractivity contribution in [3.8, 4) is 0 Å². The molecule has 0 fully saturated rings. The predicted molar refractivity (Wildman–Crippen MR) is 65.8 cm³/mol. The molecule has 0 bridgehead atoms. The van der Waals surface area contributed by atoms with Crippen LogP contribution in [-0.2, 0) is 10.1 Å². The smallest absolute Gasteiger partial charge is 0.264 e. The van der Waals surface area contributed by atoms with E-state index in [-0.39, 0.29) is 13.2 Å². The second kappa shape index (κ2) is 10.4. The Morgan fingerprint density at radius 2 is 1.27 bits per heavy atom. The molecule has 1 N–H and O–H groups in total. The molecule has 4 heteroatoms. The average Bonchev–Trinajstić information content (AvgIpc) is 2.08. The molecule has 0 saturated heterocycles. The monoisotopic (exact) mass is 238 g/mol. The van der Waals surface area contributed by atoms with Gasteiger partial charge in [0.05, 0.1) is 5.75 Å². The molecule has 0 amide bonds. The predicted octanol–water partition coefficient (Wildman–Crippen LogP) is 3.65. The molecule has 15 heavy (non-hydrogen) atoms. The molecule has 0 spiro atoms. The zero-order chi connectivity index (χ0) is 10.9. The van der Waals surface area contributed by atoms with Crippen LogP contribution >= 0.6 is 0 Å². The highest BCUT2D eigenvalue weighted by Crippen LogP contribution is 2.08. The van der Waals surface area contributed by atoms with Crippen LogP contribution in [0.1, 0.15) is 65.7 Å². The van der Waals surface area contributed by atoms with Crippen molar-refractivity contribution < 1.29 is 13.0 Å². The highest BCUT2D eigenvalue weighted by atomic mass is 32.2. The Hall–Kier alpha value is -0.0900. The highest BCUT2D eigenvalue weighted by Gasteiger charge is 2.02.